The molecular weight excluding hydrogens is 320 g/mol. The molecule has 0 saturated carbocycles. The summed E-state index contributed by atoms with van der Waals surface area (Å²) in [6.07, 6.45) is 3.13. The molecule has 2 rings (SSSR count). The van der Waals surface area contributed by atoms with Crippen molar-refractivity contribution < 1.29 is 14.3 Å². The zero-order chi connectivity index (χ0) is 18.8. The molecule has 2 aromatic heterocycles. The lowest BCUT2D eigenvalue weighted by Gasteiger charge is -2.23. The second-order valence-electron chi connectivity index (χ2n) is 7.45. The van der Waals surface area contributed by atoms with Gasteiger partial charge >= 0.3 is 6.03 Å². The second-order valence-corrected chi connectivity index (χ2v) is 7.45. The Morgan fingerprint density at radius 3 is 2.28 bits per heavy atom. The summed E-state index contributed by atoms with van der Waals surface area (Å²) in [5.74, 6) is 2.05. The molecule has 3 N–H and O–H groups in total. The van der Waals surface area contributed by atoms with E-state index >= 15 is 0 Å². The standard InChI is InChI=1S/C18H26N4O3/c1-11-7-14(12(2)25-11)18(6,24)10-21-16(23)22-13-8-19-15(20-9-13)17(3,4)5/h7-9,24H,10H2,1-6H3,(H2,21,22,23). The molecule has 0 fully saturated rings. The van der Waals surface area contributed by atoms with E-state index in [4.69, 9.17) is 4.42 Å². The summed E-state index contributed by atoms with van der Waals surface area (Å²) >= 11 is 0. The average Bonchev–Trinajstić information content (AvgIpc) is 2.84. The normalized spacial score (nSPS) is 14.0. The van der Waals surface area contributed by atoms with E-state index < -0.39 is 11.6 Å². The maximum Gasteiger partial charge on any atom is 0.319 e. The topological polar surface area (TPSA) is 100 Å². The number of aliphatic hydroxyl groups is 1. The highest BCUT2D eigenvalue weighted by molar-refractivity contribution is 5.88. The largest absolute Gasteiger partial charge is 0.466 e. The molecule has 0 saturated heterocycles. The molecule has 1 unspecified atom stereocenters. The van der Waals surface area contributed by atoms with E-state index in [-0.39, 0.29) is 12.0 Å². The van der Waals surface area contributed by atoms with Gasteiger partial charge in [-0.25, -0.2) is 14.8 Å². The third kappa shape index (κ3) is 4.79. The smallest absolute Gasteiger partial charge is 0.319 e. The number of rotatable bonds is 4. The fraction of sp³-hybridized carbons (Fsp3) is 0.500. The monoisotopic (exact) mass is 346 g/mol. The first-order valence-electron chi connectivity index (χ1n) is 8.16. The Labute approximate surface area is 147 Å². The molecule has 2 amide bonds. The van der Waals surface area contributed by atoms with Gasteiger partial charge in [0, 0.05) is 11.0 Å². The summed E-state index contributed by atoms with van der Waals surface area (Å²) in [6.45, 7) is 11.3. The number of urea groups is 1. The first kappa shape index (κ1) is 18.9. The molecule has 0 spiro atoms. The van der Waals surface area contributed by atoms with Gasteiger partial charge in [-0.3, -0.25) is 0 Å². The number of carbonyl (C=O) groups excluding carboxylic acids is 1. The number of hydrogen-bond donors (Lipinski definition) is 3. The number of aryl methyl sites for hydroxylation is 2. The minimum Gasteiger partial charge on any atom is -0.466 e. The van der Waals surface area contributed by atoms with E-state index in [0.717, 1.165) is 0 Å². The molecule has 7 heteroatoms. The van der Waals surface area contributed by atoms with Crippen molar-refractivity contribution in [3.63, 3.8) is 0 Å². The number of carbonyl (C=O) groups is 1. The van der Waals surface area contributed by atoms with Gasteiger partial charge in [-0.05, 0) is 26.8 Å². The van der Waals surface area contributed by atoms with E-state index in [2.05, 4.69) is 20.6 Å². The Bertz CT molecular complexity index is 743. The zero-order valence-electron chi connectivity index (χ0n) is 15.6. The Balaban J connectivity index is 1.95. The van der Waals surface area contributed by atoms with Crippen LogP contribution in [0.2, 0.25) is 0 Å². The minimum absolute atomic E-state index is 0.0412. The third-order valence-electron chi connectivity index (χ3n) is 3.79. The molecular formula is C18H26N4O3. The third-order valence-corrected chi connectivity index (χ3v) is 3.79. The first-order chi connectivity index (χ1) is 11.5. The number of nitrogens with zero attached hydrogens (tertiary/aromatic N) is 2. The lowest BCUT2D eigenvalue weighted by Crippen LogP contribution is -2.40. The van der Waals surface area contributed by atoms with Gasteiger partial charge < -0.3 is 20.2 Å². The summed E-state index contributed by atoms with van der Waals surface area (Å²) in [5.41, 5.74) is -0.241. The van der Waals surface area contributed by atoms with Crippen LogP contribution in [0.1, 0.15) is 50.6 Å². The van der Waals surface area contributed by atoms with Gasteiger partial charge in [-0.2, -0.15) is 0 Å². The Kier molecular flexibility index (Phi) is 5.17. The lowest BCUT2D eigenvalue weighted by molar-refractivity contribution is 0.0584. The molecule has 2 aromatic rings. The molecule has 0 aliphatic rings. The van der Waals surface area contributed by atoms with Crippen molar-refractivity contribution in [2.75, 3.05) is 11.9 Å². The molecule has 2 heterocycles. The number of anilines is 1. The van der Waals surface area contributed by atoms with Crippen molar-refractivity contribution in [3.8, 4) is 0 Å². The van der Waals surface area contributed by atoms with Gasteiger partial charge in [0.15, 0.2) is 0 Å². The van der Waals surface area contributed by atoms with E-state index in [1.54, 1.807) is 32.3 Å². The first-order valence-corrected chi connectivity index (χ1v) is 8.16. The summed E-state index contributed by atoms with van der Waals surface area (Å²) in [7, 11) is 0. The second kappa shape index (κ2) is 6.84. The maximum absolute atomic E-state index is 12.1. The van der Waals surface area contributed by atoms with Gasteiger partial charge in [-0.1, -0.05) is 20.8 Å². The Morgan fingerprint density at radius 1 is 1.20 bits per heavy atom. The van der Waals surface area contributed by atoms with E-state index in [1.807, 2.05) is 27.7 Å². The summed E-state index contributed by atoms with van der Waals surface area (Å²) in [4.78, 5) is 20.6. The summed E-state index contributed by atoms with van der Waals surface area (Å²) in [5, 5.41) is 15.9. The summed E-state index contributed by atoms with van der Waals surface area (Å²) in [6, 6.07) is 1.33. The average molecular weight is 346 g/mol. The van der Waals surface area contributed by atoms with Crippen molar-refractivity contribution >= 4 is 11.7 Å². The van der Waals surface area contributed by atoms with E-state index in [9.17, 15) is 9.90 Å². The van der Waals surface area contributed by atoms with Crippen molar-refractivity contribution in [2.45, 2.75) is 52.6 Å². The quantitative estimate of drug-likeness (QED) is 0.790. The van der Waals surface area contributed by atoms with Crippen LogP contribution < -0.4 is 10.6 Å². The fourth-order valence-electron chi connectivity index (χ4n) is 2.47. The molecule has 0 radical (unpaired) electrons. The number of nitrogens with one attached hydrogen (secondary N) is 2. The molecule has 7 nitrogen and oxygen atoms in total. The maximum atomic E-state index is 12.1. The van der Waals surface area contributed by atoms with Crippen LogP contribution in [0.4, 0.5) is 10.5 Å². The van der Waals surface area contributed by atoms with Gasteiger partial charge in [0.2, 0.25) is 0 Å². The van der Waals surface area contributed by atoms with Crippen molar-refractivity contribution in [3.05, 3.63) is 41.4 Å². The highest BCUT2D eigenvalue weighted by Crippen LogP contribution is 2.26. The molecule has 0 bridgehead atoms. The Hall–Kier alpha value is -2.41. The van der Waals surface area contributed by atoms with Crippen molar-refractivity contribution in [2.24, 2.45) is 0 Å². The molecule has 1 atom stereocenters. The van der Waals surface area contributed by atoms with Crippen LogP contribution >= 0.6 is 0 Å². The summed E-state index contributed by atoms with van der Waals surface area (Å²) < 4.78 is 5.44. The molecule has 0 aliphatic heterocycles. The minimum atomic E-state index is -1.23. The van der Waals surface area contributed by atoms with Crippen LogP contribution in [-0.2, 0) is 11.0 Å². The van der Waals surface area contributed by atoms with Crippen molar-refractivity contribution in [1.29, 1.82) is 0 Å². The highest BCUT2D eigenvalue weighted by Gasteiger charge is 2.28. The van der Waals surface area contributed by atoms with Gasteiger partial charge in [0.05, 0.1) is 24.6 Å². The predicted molar refractivity (Wildman–Crippen MR) is 95.5 cm³/mol. The Morgan fingerprint density at radius 2 is 1.80 bits per heavy atom. The number of amides is 2. The fourth-order valence-corrected chi connectivity index (χ4v) is 2.47. The van der Waals surface area contributed by atoms with Crippen LogP contribution in [0.15, 0.2) is 22.9 Å². The molecule has 0 aromatic carbocycles. The van der Waals surface area contributed by atoms with E-state index in [1.165, 1.54) is 0 Å². The predicted octanol–water partition coefficient (Wildman–Crippen LogP) is 3.01. The molecule has 25 heavy (non-hydrogen) atoms. The molecule has 0 aliphatic carbocycles. The SMILES string of the molecule is Cc1cc(C(C)(O)CNC(=O)Nc2cnc(C(C)(C)C)nc2)c(C)o1. The van der Waals surface area contributed by atoms with Gasteiger partial charge in [0.1, 0.15) is 22.9 Å². The molecule has 136 valence electrons. The highest BCUT2D eigenvalue weighted by atomic mass is 16.3. The van der Waals surface area contributed by atoms with Crippen LogP contribution in [-0.4, -0.2) is 27.7 Å². The van der Waals surface area contributed by atoms with E-state index in [0.29, 0.717) is 28.6 Å². The number of aromatic nitrogens is 2. The number of furan rings is 1. The zero-order valence-corrected chi connectivity index (χ0v) is 15.6. The van der Waals surface area contributed by atoms with Crippen LogP contribution in [0, 0.1) is 13.8 Å². The van der Waals surface area contributed by atoms with Crippen molar-refractivity contribution in [1.82, 2.24) is 15.3 Å². The van der Waals surface area contributed by atoms with Crippen LogP contribution in [0.5, 0.6) is 0 Å². The number of hydrogen-bond acceptors (Lipinski definition) is 5. The van der Waals surface area contributed by atoms with Gasteiger partial charge in [0.25, 0.3) is 0 Å². The van der Waals surface area contributed by atoms with Crippen LogP contribution in [0.3, 0.4) is 0 Å². The van der Waals surface area contributed by atoms with Crippen LogP contribution in [0.25, 0.3) is 0 Å². The lowest BCUT2D eigenvalue weighted by atomic mass is 9.96. The van der Waals surface area contributed by atoms with Gasteiger partial charge in [-0.15, -0.1) is 0 Å².